The van der Waals surface area contributed by atoms with Crippen LogP contribution in [0.2, 0.25) is 0 Å². The summed E-state index contributed by atoms with van der Waals surface area (Å²) in [7, 11) is 0. The average Bonchev–Trinajstić information content (AvgIpc) is 3.24. The number of amides is 1. The first-order chi connectivity index (χ1) is 11.8. The Morgan fingerprint density at radius 1 is 1.29 bits per heavy atom. The van der Waals surface area contributed by atoms with E-state index in [-0.39, 0.29) is 11.8 Å². The molecule has 4 rings (SSSR count). The molecule has 0 spiro atoms. The smallest absolute Gasteiger partial charge is 0.233 e. The van der Waals surface area contributed by atoms with Crippen molar-refractivity contribution < 1.29 is 9.32 Å². The molecule has 2 aromatic heterocycles. The van der Waals surface area contributed by atoms with Gasteiger partial charge in [0.15, 0.2) is 0 Å². The predicted molar refractivity (Wildman–Crippen MR) is 92.7 cm³/mol. The van der Waals surface area contributed by atoms with E-state index in [0.717, 1.165) is 31.0 Å². The van der Waals surface area contributed by atoms with Crippen molar-refractivity contribution in [1.82, 2.24) is 15.0 Å². The van der Waals surface area contributed by atoms with Gasteiger partial charge in [-0.05, 0) is 23.8 Å². The molecule has 0 atom stereocenters. The highest BCUT2D eigenvalue weighted by Crippen LogP contribution is 2.31. The van der Waals surface area contributed by atoms with Crippen molar-refractivity contribution in [2.45, 2.75) is 50.9 Å². The molecule has 1 aliphatic heterocycles. The number of rotatable bonds is 5. The highest BCUT2D eigenvalue weighted by Gasteiger charge is 2.35. The van der Waals surface area contributed by atoms with Crippen LogP contribution in [0.1, 0.15) is 56.8 Å². The number of aromatic nitrogens is 2. The molecule has 2 fully saturated rings. The van der Waals surface area contributed by atoms with Gasteiger partial charge in [-0.25, -0.2) is 0 Å². The molecule has 1 saturated heterocycles. The van der Waals surface area contributed by atoms with Crippen LogP contribution < -0.4 is 0 Å². The highest BCUT2D eigenvalue weighted by molar-refractivity contribution is 7.08. The third-order valence-corrected chi connectivity index (χ3v) is 5.98. The topological polar surface area (TPSA) is 59.2 Å². The third-order valence-electron chi connectivity index (χ3n) is 5.30. The fourth-order valence-corrected chi connectivity index (χ4v) is 4.34. The second-order valence-corrected chi connectivity index (χ2v) is 7.79. The summed E-state index contributed by atoms with van der Waals surface area (Å²) >= 11 is 1.62. The molecule has 1 saturated carbocycles. The molecular formula is C18H23N3O2S. The summed E-state index contributed by atoms with van der Waals surface area (Å²) in [6.07, 6.45) is 8.43. The van der Waals surface area contributed by atoms with Gasteiger partial charge in [-0.3, -0.25) is 4.79 Å². The molecule has 24 heavy (non-hydrogen) atoms. The van der Waals surface area contributed by atoms with Gasteiger partial charge < -0.3 is 9.42 Å². The van der Waals surface area contributed by atoms with Gasteiger partial charge in [0, 0.05) is 30.5 Å². The minimum atomic E-state index is 0.198. The van der Waals surface area contributed by atoms with Crippen LogP contribution in [0.4, 0.5) is 0 Å². The van der Waals surface area contributed by atoms with Gasteiger partial charge in [-0.1, -0.05) is 37.3 Å². The van der Waals surface area contributed by atoms with Crippen LogP contribution in [0.15, 0.2) is 21.3 Å². The largest absolute Gasteiger partial charge is 0.341 e. The van der Waals surface area contributed by atoms with E-state index in [4.69, 9.17) is 4.52 Å². The molecule has 2 aliphatic rings. The molecule has 3 heterocycles. The van der Waals surface area contributed by atoms with E-state index in [9.17, 15) is 4.79 Å². The maximum Gasteiger partial charge on any atom is 0.233 e. The molecular weight excluding hydrogens is 322 g/mol. The summed E-state index contributed by atoms with van der Waals surface area (Å²) in [4.78, 5) is 18.7. The van der Waals surface area contributed by atoms with Crippen molar-refractivity contribution in [1.29, 1.82) is 0 Å². The first kappa shape index (κ1) is 15.8. The standard InChI is InChI=1S/C18H23N3O2S/c22-16(7-6-13-4-2-1-3-5-13)21-10-15(11-21)18-19-17(20-23-18)14-8-9-24-12-14/h8-9,12-13,15H,1-7,10-11H2. The van der Waals surface area contributed by atoms with Crippen LogP contribution in [-0.2, 0) is 4.79 Å². The minimum Gasteiger partial charge on any atom is -0.341 e. The number of hydrogen-bond acceptors (Lipinski definition) is 5. The third kappa shape index (κ3) is 3.38. The lowest BCUT2D eigenvalue weighted by Crippen LogP contribution is -2.48. The maximum atomic E-state index is 12.3. The number of nitrogens with zero attached hydrogens (tertiary/aromatic N) is 3. The maximum absolute atomic E-state index is 12.3. The van der Waals surface area contributed by atoms with Gasteiger partial charge in [0.05, 0.1) is 5.92 Å². The lowest BCUT2D eigenvalue weighted by molar-refractivity contribution is -0.136. The van der Waals surface area contributed by atoms with E-state index in [1.54, 1.807) is 11.3 Å². The van der Waals surface area contributed by atoms with Crippen molar-refractivity contribution in [3.63, 3.8) is 0 Å². The molecule has 0 radical (unpaired) electrons. The second kappa shape index (κ2) is 7.05. The normalized spacial score (nSPS) is 19.4. The zero-order valence-electron chi connectivity index (χ0n) is 13.8. The summed E-state index contributed by atoms with van der Waals surface area (Å²) in [5.74, 6) is 2.56. The second-order valence-electron chi connectivity index (χ2n) is 7.01. The lowest BCUT2D eigenvalue weighted by atomic mass is 9.86. The van der Waals surface area contributed by atoms with Crippen LogP contribution in [0.5, 0.6) is 0 Å². The van der Waals surface area contributed by atoms with E-state index in [0.29, 0.717) is 18.1 Å². The Kier molecular flexibility index (Phi) is 4.65. The molecule has 6 heteroatoms. The molecule has 0 N–H and O–H groups in total. The van der Waals surface area contributed by atoms with Gasteiger partial charge in [-0.15, -0.1) is 0 Å². The summed E-state index contributed by atoms with van der Waals surface area (Å²) in [6.45, 7) is 1.43. The van der Waals surface area contributed by atoms with Crippen LogP contribution >= 0.6 is 11.3 Å². The Balaban J connectivity index is 1.24. The first-order valence-electron chi connectivity index (χ1n) is 8.93. The van der Waals surface area contributed by atoms with Crippen molar-refractivity contribution in [2.24, 2.45) is 5.92 Å². The Bertz CT molecular complexity index is 670. The molecule has 1 aliphatic carbocycles. The monoisotopic (exact) mass is 345 g/mol. The minimum absolute atomic E-state index is 0.198. The lowest BCUT2D eigenvalue weighted by Gasteiger charge is -2.37. The van der Waals surface area contributed by atoms with Crippen molar-refractivity contribution >= 4 is 17.2 Å². The Hall–Kier alpha value is -1.69. The summed E-state index contributed by atoms with van der Waals surface area (Å²) in [5.41, 5.74) is 0.995. The Morgan fingerprint density at radius 3 is 2.88 bits per heavy atom. The molecule has 0 aromatic carbocycles. The van der Waals surface area contributed by atoms with E-state index in [2.05, 4.69) is 10.1 Å². The highest BCUT2D eigenvalue weighted by atomic mass is 32.1. The molecule has 1 amide bonds. The fourth-order valence-electron chi connectivity index (χ4n) is 3.71. The number of thiophene rings is 1. The molecule has 0 bridgehead atoms. The van der Waals surface area contributed by atoms with Gasteiger partial charge >= 0.3 is 0 Å². The van der Waals surface area contributed by atoms with Crippen LogP contribution in [0.3, 0.4) is 0 Å². The predicted octanol–water partition coefficient (Wildman–Crippen LogP) is 4.08. The SMILES string of the molecule is O=C(CCC1CCCCC1)N1CC(c2nc(-c3ccsc3)no2)C1. The van der Waals surface area contributed by atoms with Crippen LogP contribution in [0.25, 0.3) is 11.4 Å². The molecule has 5 nitrogen and oxygen atoms in total. The van der Waals surface area contributed by atoms with Gasteiger partial charge in [0.1, 0.15) is 0 Å². The average molecular weight is 345 g/mol. The van der Waals surface area contributed by atoms with Gasteiger partial charge in [0.25, 0.3) is 0 Å². The van der Waals surface area contributed by atoms with Crippen LogP contribution in [0, 0.1) is 5.92 Å². The number of hydrogen-bond donors (Lipinski definition) is 0. The van der Waals surface area contributed by atoms with Crippen molar-refractivity contribution in [2.75, 3.05) is 13.1 Å². The molecule has 2 aromatic rings. The van der Waals surface area contributed by atoms with Crippen molar-refractivity contribution in [3.05, 3.63) is 22.7 Å². The van der Waals surface area contributed by atoms with Crippen LogP contribution in [-0.4, -0.2) is 34.0 Å². The number of carbonyl (C=O) groups is 1. The zero-order chi connectivity index (χ0) is 16.4. The Labute approximate surface area is 146 Å². The van der Waals surface area contributed by atoms with Gasteiger partial charge in [0.2, 0.25) is 17.6 Å². The van der Waals surface area contributed by atoms with Crippen molar-refractivity contribution in [3.8, 4) is 11.4 Å². The van der Waals surface area contributed by atoms with E-state index in [1.165, 1.54) is 32.1 Å². The molecule has 128 valence electrons. The van der Waals surface area contributed by atoms with E-state index >= 15 is 0 Å². The Morgan fingerprint density at radius 2 is 2.12 bits per heavy atom. The summed E-state index contributed by atoms with van der Waals surface area (Å²) in [6, 6.07) is 1.99. The van der Waals surface area contributed by atoms with E-state index < -0.39 is 0 Å². The zero-order valence-corrected chi connectivity index (χ0v) is 14.6. The quantitative estimate of drug-likeness (QED) is 0.819. The number of likely N-dealkylation sites (tertiary alicyclic amines) is 1. The summed E-state index contributed by atoms with van der Waals surface area (Å²) < 4.78 is 5.38. The first-order valence-corrected chi connectivity index (χ1v) is 9.88. The van der Waals surface area contributed by atoms with Gasteiger partial charge in [-0.2, -0.15) is 16.3 Å². The van der Waals surface area contributed by atoms with E-state index in [1.807, 2.05) is 21.7 Å². The fraction of sp³-hybridized carbons (Fsp3) is 0.611. The summed E-state index contributed by atoms with van der Waals surface area (Å²) in [5, 5.41) is 8.06. The molecule has 0 unspecified atom stereocenters. The number of carbonyl (C=O) groups excluding carboxylic acids is 1.